The maximum absolute atomic E-state index is 9.56. The molecular weight excluding hydrogens is 196 g/mol. The predicted molar refractivity (Wildman–Crippen MR) is 56.4 cm³/mol. The molecule has 0 aliphatic rings. The number of aliphatic hydroxyl groups is 1. The van der Waals surface area contributed by atoms with E-state index < -0.39 is 6.10 Å². The van der Waals surface area contributed by atoms with Gasteiger partial charge in [0.2, 0.25) is 0 Å². The molecule has 0 spiro atoms. The second-order valence-electron chi connectivity index (χ2n) is 3.21. The lowest BCUT2D eigenvalue weighted by Crippen LogP contribution is -2.35. The highest BCUT2D eigenvalue weighted by Gasteiger charge is 2.09. The fraction of sp³-hybridized carbons (Fsp3) is 0.900. The monoisotopic (exact) mass is 216 g/mol. The minimum Gasteiger partial charge on any atom is -0.389 e. The van der Waals surface area contributed by atoms with Gasteiger partial charge in [-0.25, -0.2) is 0 Å². The summed E-state index contributed by atoms with van der Waals surface area (Å²) in [6.45, 7) is 4.81. The molecule has 0 aliphatic carbocycles. The summed E-state index contributed by atoms with van der Waals surface area (Å²) < 4.78 is 9.98. The first-order chi connectivity index (χ1) is 7.24. The third-order valence-corrected chi connectivity index (χ3v) is 1.95. The van der Waals surface area contributed by atoms with Gasteiger partial charge in [0.25, 0.3) is 0 Å². The standard InChI is InChI=1S/C10H20N2O3/c1-3-12(5-4-11)8-10(13)9-15-7-6-14-2/h10,13H,3,5-9H2,1-2H3. The van der Waals surface area contributed by atoms with Crippen LogP contribution in [-0.4, -0.2) is 62.7 Å². The molecule has 0 aromatic heterocycles. The molecule has 0 amide bonds. The number of nitrogens with zero attached hydrogens (tertiary/aromatic N) is 2. The van der Waals surface area contributed by atoms with Gasteiger partial charge in [0.1, 0.15) is 0 Å². The number of hydrogen-bond donors (Lipinski definition) is 1. The van der Waals surface area contributed by atoms with Gasteiger partial charge < -0.3 is 14.6 Å². The Hall–Kier alpha value is -0.670. The van der Waals surface area contributed by atoms with Crippen molar-refractivity contribution in [1.82, 2.24) is 4.90 Å². The molecule has 0 bridgehead atoms. The second kappa shape index (κ2) is 9.87. The van der Waals surface area contributed by atoms with E-state index in [0.717, 1.165) is 6.54 Å². The van der Waals surface area contributed by atoms with Crippen molar-refractivity contribution < 1.29 is 14.6 Å². The molecule has 0 rings (SSSR count). The highest BCUT2D eigenvalue weighted by atomic mass is 16.5. The van der Waals surface area contributed by atoms with Crippen LogP contribution in [0.4, 0.5) is 0 Å². The summed E-state index contributed by atoms with van der Waals surface area (Å²) >= 11 is 0. The normalized spacial score (nSPS) is 12.7. The van der Waals surface area contributed by atoms with Crippen LogP contribution in [-0.2, 0) is 9.47 Å². The number of hydrogen-bond acceptors (Lipinski definition) is 5. The van der Waals surface area contributed by atoms with Crippen LogP contribution in [0.25, 0.3) is 0 Å². The van der Waals surface area contributed by atoms with Crippen molar-refractivity contribution in [2.24, 2.45) is 0 Å². The van der Waals surface area contributed by atoms with Crippen LogP contribution in [0.15, 0.2) is 0 Å². The van der Waals surface area contributed by atoms with Crippen LogP contribution < -0.4 is 0 Å². The Balaban J connectivity index is 3.53. The summed E-state index contributed by atoms with van der Waals surface area (Å²) in [4.78, 5) is 1.87. The van der Waals surface area contributed by atoms with E-state index in [2.05, 4.69) is 6.07 Å². The summed E-state index contributed by atoms with van der Waals surface area (Å²) in [6, 6.07) is 2.05. The maximum atomic E-state index is 9.56. The lowest BCUT2D eigenvalue weighted by molar-refractivity contribution is 0.00151. The fourth-order valence-corrected chi connectivity index (χ4v) is 1.12. The Bertz CT molecular complexity index is 182. The number of methoxy groups -OCH3 is 1. The van der Waals surface area contributed by atoms with Gasteiger partial charge in [-0.2, -0.15) is 5.26 Å². The highest BCUT2D eigenvalue weighted by Crippen LogP contribution is 1.93. The topological polar surface area (TPSA) is 65.7 Å². The lowest BCUT2D eigenvalue weighted by Gasteiger charge is -2.20. The minimum absolute atomic E-state index is 0.283. The van der Waals surface area contributed by atoms with Gasteiger partial charge in [0.15, 0.2) is 0 Å². The van der Waals surface area contributed by atoms with E-state index in [4.69, 9.17) is 14.7 Å². The van der Waals surface area contributed by atoms with E-state index in [1.165, 1.54) is 0 Å². The van der Waals surface area contributed by atoms with Crippen molar-refractivity contribution in [3.63, 3.8) is 0 Å². The molecule has 1 atom stereocenters. The maximum Gasteiger partial charge on any atom is 0.0900 e. The molecule has 0 radical (unpaired) electrons. The average Bonchev–Trinajstić information content (AvgIpc) is 2.24. The smallest absolute Gasteiger partial charge is 0.0900 e. The number of ether oxygens (including phenoxy) is 2. The van der Waals surface area contributed by atoms with Crippen molar-refractivity contribution >= 4 is 0 Å². The largest absolute Gasteiger partial charge is 0.389 e. The summed E-state index contributed by atoms with van der Waals surface area (Å²) in [7, 11) is 1.60. The number of rotatable bonds is 9. The number of likely N-dealkylation sites (N-methyl/N-ethyl adjacent to an activating group) is 1. The summed E-state index contributed by atoms with van der Waals surface area (Å²) in [6.07, 6.45) is -0.546. The third-order valence-electron chi connectivity index (χ3n) is 1.95. The Morgan fingerprint density at radius 2 is 2.20 bits per heavy atom. The molecule has 5 nitrogen and oxygen atoms in total. The predicted octanol–water partition coefficient (Wildman–Crippen LogP) is -0.144. The first-order valence-corrected chi connectivity index (χ1v) is 5.08. The van der Waals surface area contributed by atoms with Crippen molar-refractivity contribution in [2.75, 3.05) is 46.6 Å². The van der Waals surface area contributed by atoms with Crippen LogP contribution in [0.5, 0.6) is 0 Å². The summed E-state index contributed by atoms with van der Waals surface area (Å²) in [5.41, 5.74) is 0. The van der Waals surface area contributed by atoms with Crippen LogP contribution in [0.3, 0.4) is 0 Å². The Kier molecular flexibility index (Phi) is 9.43. The number of aliphatic hydroxyl groups excluding tert-OH is 1. The number of nitriles is 1. The van der Waals surface area contributed by atoms with E-state index in [0.29, 0.717) is 26.3 Å². The summed E-state index contributed by atoms with van der Waals surface area (Å²) in [5, 5.41) is 18.1. The zero-order valence-corrected chi connectivity index (χ0v) is 9.48. The van der Waals surface area contributed by atoms with Gasteiger partial charge in [0.05, 0.1) is 38.5 Å². The minimum atomic E-state index is -0.546. The van der Waals surface area contributed by atoms with E-state index >= 15 is 0 Å². The third kappa shape index (κ3) is 8.33. The molecule has 0 saturated heterocycles. The Labute approximate surface area is 91.2 Å². The Morgan fingerprint density at radius 1 is 1.47 bits per heavy atom. The lowest BCUT2D eigenvalue weighted by atomic mass is 10.3. The van der Waals surface area contributed by atoms with Gasteiger partial charge >= 0.3 is 0 Å². The van der Waals surface area contributed by atoms with E-state index in [-0.39, 0.29) is 6.61 Å². The molecule has 0 fully saturated rings. The van der Waals surface area contributed by atoms with E-state index in [1.807, 2.05) is 11.8 Å². The molecule has 88 valence electrons. The SMILES string of the molecule is CCN(CC#N)CC(O)COCCOC. The van der Waals surface area contributed by atoms with Gasteiger partial charge in [-0.15, -0.1) is 0 Å². The van der Waals surface area contributed by atoms with Crippen LogP contribution in [0.2, 0.25) is 0 Å². The van der Waals surface area contributed by atoms with E-state index in [9.17, 15) is 5.11 Å². The van der Waals surface area contributed by atoms with Gasteiger partial charge in [-0.1, -0.05) is 6.92 Å². The molecule has 0 aliphatic heterocycles. The zero-order chi connectivity index (χ0) is 11.5. The highest BCUT2D eigenvalue weighted by molar-refractivity contribution is 4.77. The molecule has 5 heteroatoms. The molecule has 1 unspecified atom stereocenters. The van der Waals surface area contributed by atoms with Crippen molar-refractivity contribution in [3.05, 3.63) is 0 Å². The molecule has 15 heavy (non-hydrogen) atoms. The van der Waals surface area contributed by atoms with Crippen LogP contribution >= 0.6 is 0 Å². The molecule has 0 aromatic rings. The second-order valence-corrected chi connectivity index (χ2v) is 3.21. The molecular formula is C10H20N2O3. The van der Waals surface area contributed by atoms with Crippen molar-refractivity contribution in [3.8, 4) is 6.07 Å². The fourth-order valence-electron chi connectivity index (χ4n) is 1.12. The molecule has 1 N–H and O–H groups in total. The quantitative estimate of drug-likeness (QED) is 0.429. The van der Waals surface area contributed by atoms with Gasteiger partial charge in [-0.3, -0.25) is 4.90 Å². The first-order valence-electron chi connectivity index (χ1n) is 5.08. The molecule has 0 saturated carbocycles. The Morgan fingerprint density at radius 3 is 2.73 bits per heavy atom. The average molecular weight is 216 g/mol. The summed E-state index contributed by atoms with van der Waals surface area (Å²) in [5.74, 6) is 0. The van der Waals surface area contributed by atoms with Crippen molar-refractivity contribution in [1.29, 1.82) is 5.26 Å². The van der Waals surface area contributed by atoms with Gasteiger partial charge in [0, 0.05) is 13.7 Å². The van der Waals surface area contributed by atoms with E-state index in [1.54, 1.807) is 7.11 Å². The van der Waals surface area contributed by atoms with Gasteiger partial charge in [-0.05, 0) is 6.54 Å². The zero-order valence-electron chi connectivity index (χ0n) is 9.48. The van der Waals surface area contributed by atoms with Crippen LogP contribution in [0.1, 0.15) is 6.92 Å². The van der Waals surface area contributed by atoms with Crippen LogP contribution in [0, 0.1) is 11.3 Å². The first kappa shape index (κ1) is 14.3. The molecule has 0 heterocycles. The molecule has 0 aromatic carbocycles. The van der Waals surface area contributed by atoms with Crippen molar-refractivity contribution in [2.45, 2.75) is 13.0 Å².